The molecule has 0 aliphatic carbocycles. The summed E-state index contributed by atoms with van der Waals surface area (Å²) in [6.45, 7) is 3.08. The molecule has 0 bridgehead atoms. The van der Waals surface area contributed by atoms with Gasteiger partial charge in [0.2, 0.25) is 17.7 Å². The first-order valence-electron chi connectivity index (χ1n) is 12.2. The fourth-order valence-corrected chi connectivity index (χ4v) is 3.42. The Morgan fingerprint density at radius 3 is 2.11 bits per heavy atom. The average Bonchev–Trinajstić information content (AvgIpc) is 2.88. The Morgan fingerprint density at radius 1 is 0.974 bits per heavy atom. The average molecular weight is 538 g/mol. The second-order valence-electron chi connectivity index (χ2n) is 8.94. The molecule has 1 aromatic carbocycles. The monoisotopic (exact) mass is 537 g/mol. The Kier molecular flexibility index (Phi) is 13.6. The Hall–Kier alpha value is -3.91. The van der Waals surface area contributed by atoms with Crippen LogP contribution in [0.25, 0.3) is 0 Å². The molecule has 0 heterocycles. The molecule has 0 saturated heterocycles. The standard InChI is InChI=1S/C24H39N7O7/c1-3-13(2)19(31-20(34)16(25)12-32)22(36)30-18(11-14-6-8-15(33)9-7-14)21(35)29-17(23(37)38)5-4-10-28-24(26)27/h6-9,13,16-19,32-33H,3-5,10-12,25H2,1-2H3,(H,29,35)(H,30,36)(H,31,34)(H,37,38)(H4,26,27,28). The number of aliphatic imine (C=N–C) groups is 1. The summed E-state index contributed by atoms with van der Waals surface area (Å²) in [5, 5.41) is 35.9. The molecular formula is C24H39N7O7. The minimum Gasteiger partial charge on any atom is -0.508 e. The summed E-state index contributed by atoms with van der Waals surface area (Å²) >= 11 is 0. The number of carboxylic acid groups (broad SMARTS) is 1. The smallest absolute Gasteiger partial charge is 0.326 e. The van der Waals surface area contributed by atoms with E-state index in [-0.39, 0.29) is 43.4 Å². The number of phenolic OH excluding ortho intramolecular Hbond substituents is 1. The van der Waals surface area contributed by atoms with E-state index in [9.17, 15) is 29.4 Å². The Bertz CT molecular complexity index is 967. The van der Waals surface area contributed by atoms with Crippen molar-refractivity contribution in [2.24, 2.45) is 28.1 Å². The van der Waals surface area contributed by atoms with Crippen molar-refractivity contribution in [3.05, 3.63) is 29.8 Å². The quantitative estimate of drug-likeness (QED) is 0.0630. The van der Waals surface area contributed by atoms with Crippen molar-refractivity contribution in [3.8, 4) is 5.75 Å². The molecule has 5 atom stereocenters. The number of guanidine groups is 1. The molecule has 0 radical (unpaired) electrons. The molecule has 1 aromatic rings. The first-order valence-corrected chi connectivity index (χ1v) is 12.2. The summed E-state index contributed by atoms with van der Waals surface area (Å²) < 4.78 is 0. The van der Waals surface area contributed by atoms with Crippen LogP contribution < -0.4 is 33.2 Å². The van der Waals surface area contributed by atoms with Gasteiger partial charge in [0.1, 0.15) is 29.9 Å². The summed E-state index contributed by atoms with van der Waals surface area (Å²) in [6.07, 6.45) is 0.771. The van der Waals surface area contributed by atoms with Crippen molar-refractivity contribution in [2.75, 3.05) is 13.2 Å². The number of carbonyl (C=O) groups excluding carboxylic acids is 3. The predicted octanol–water partition coefficient (Wildman–Crippen LogP) is -2.11. The molecule has 3 amide bonds. The molecule has 0 aromatic heterocycles. The fraction of sp³-hybridized carbons (Fsp3) is 0.542. The van der Waals surface area contributed by atoms with Crippen LogP contribution in [0.15, 0.2) is 29.3 Å². The van der Waals surface area contributed by atoms with Gasteiger partial charge >= 0.3 is 5.97 Å². The van der Waals surface area contributed by atoms with E-state index in [4.69, 9.17) is 22.3 Å². The van der Waals surface area contributed by atoms with E-state index >= 15 is 0 Å². The SMILES string of the molecule is CCC(C)C(NC(=O)C(N)CO)C(=O)NC(Cc1ccc(O)cc1)C(=O)NC(CCCN=C(N)N)C(=O)O. The highest BCUT2D eigenvalue weighted by molar-refractivity contribution is 5.94. The number of aliphatic hydroxyl groups is 1. The largest absolute Gasteiger partial charge is 0.508 e. The molecule has 0 aliphatic heterocycles. The number of amides is 3. The van der Waals surface area contributed by atoms with E-state index in [2.05, 4.69) is 20.9 Å². The number of carboxylic acids is 1. The van der Waals surface area contributed by atoms with Crippen LogP contribution in [0.4, 0.5) is 0 Å². The molecule has 0 aliphatic rings. The predicted molar refractivity (Wildman–Crippen MR) is 140 cm³/mol. The number of phenols is 1. The molecule has 0 fully saturated rings. The summed E-state index contributed by atoms with van der Waals surface area (Å²) in [6, 6.07) is 1.13. The van der Waals surface area contributed by atoms with E-state index in [0.717, 1.165) is 0 Å². The highest BCUT2D eigenvalue weighted by Gasteiger charge is 2.32. The van der Waals surface area contributed by atoms with Crippen LogP contribution in [-0.4, -0.2) is 82.3 Å². The zero-order chi connectivity index (χ0) is 28.8. The number of aliphatic hydroxyl groups excluding tert-OH is 1. The molecule has 1 rings (SSSR count). The third kappa shape index (κ3) is 11.0. The van der Waals surface area contributed by atoms with Crippen molar-refractivity contribution in [2.45, 2.75) is 63.7 Å². The second-order valence-corrected chi connectivity index (χ2v) is 8.94. The number of aliphatic carboxylic acids is 1. The van der Waals surface area contributed by atoms with Crippen LogP contribution in [0.1, 0.15) is 38.7 Å². The fourth-order valence-electron chi connectivity index (χ4n) is 3.42. The lowest BCUT2D eigenvalue weighted by molar-refractivity contribution is -0.142. The number of hydrogen-bond acceptors (Lipinski definition) is 8. The maximum absolute atomic E-state index is 13.2. The first kappa shape index (κ1) is 32.1. The van der Waals surface area contributed by atoms with Crippen LogP contribution in [0.5, 0.6) is 5.75 Å². The maximum atomic E-state index is 13.2. The molecule has 0 spiro atoms. The second kappa shape index (κ2) is 16.0. The Morgan fingerprint density at radius 2 is 1.58 bits per heavy atom. The van der Waals surface area contributed by atoms with E-state index in [1.165, 1.54) is 12.1 Å². The van der Waals surface area contributed by atoms with Gasteiger partial charge in [-0.05, 0) is 36.5 Å². The third-order valence-corrected chi connectivity index (χ3v) is 5.90. The molecule has 212 valence electrons. The minimum atomic E-state index is -1.28. The zero-order valence-corrected chi connectivity index (χ0v) is 21.6. The maximum Gasteiger partial charge on any atom is 0.326 e. The van der Waals surface area contributed by atoms with Crippen LogP contribution >= 0.6 is 0 Å². The van der Waals surface area contributed by atoms with Gasteiger partial charge in [-0.15, -0.1) is 0 Å². The van der Waals surface area contributed by atoms with Gasteiger partial charge in [-0.3, -0.25) is 19.4 Å². The van der Waals surface area contributed by atoms with Gasteiger partial charge in [0.25, 0.3) is 0 Å². The first-order chi connectivity index (χ1) is 17.9. The normalized spacial score (nSPS) is 14.7. The number of nitrogens with zero attached hydrogens (tertiary/aromatic N) is 1. The van der Waals surface area contributed by atoms with Crippen molar-refractivity contribution in [3.63, 3.8) is 0 Å². The highest BCUT2D eigenvalue weighted by Crippen LogP contribution is 2.13. The molecule has 38 heavy (non-hydrogen) atoms. The van der Waals surface area contributed by atoms with Crippen LogP contribution in [0, 0.1) is 5.92 Å². The van der Waals surface area contributed by atoms with Gasteiger partial charge in [0, 0.05) is 13.0 Å². The topological polar surface area (TPSA) is 255 Å². The number of hydrogen-bond donors (Lipinski definition) is 9. The number of carbonyl (C=O) groups is 4. The van der Waals surface area contributed by atoms with Crippen LogP contribution in [-0.2, 0) is 25.6 Å². The van der Waals surface area contributed by atoms with E-state index < -0.39 is 54.5 Å². The van der Waals surface area contributed by atoms with Crippen LogP contribution in [0.2, 0.25) is 0 Å². The number of rotatable bonds is 16. The lowest BCUT2D eigenvalue weighted by Crippen LogP contribution is -2.59. The molecule has 12 N–H and O–H groups in total. The molecule has 5 unspecified atom stereocenters. The van der Waals surface area contributed by atoms with Gasteiger partial charge < -0.3 is 48.5 Å². The van der Waals surface area contributed by atoms with Crippen LogP contribution in [0.3, 0.4) is 0 Å². The van der Waals surface area contributed by atoms with Gasteiger partial charge in [-0.2, -0.15) is 0 Å². The van der Waals surface area contributed by atoms with Gasteiger partial charge in [-0.25, -0.2) is 4.79 Å². The van der Waals surface area contributed by atoms with E-state index in [0.29, 0.717) is 12.0 Å². The van der Waals surface area contributed by atoms with Crippen molar-refractivity contribution >= 4 is 29.7 Å². The minimum absolute atomic E-state index is 0.00488. The van der Waals surface area contributed by atoms with Gasteiger partial charge in [0.05, 0.1) is 6.61 Å². The molecule has 14 nitrogen and oxygen atoms in total. The lowest BCUT2D eigenvalue weighted by atomic mass is 9.96. The highest BCUT2D eigenvalue weighted by atomic mass is 16.4. The van der Waals surface area contributed by atoms with E-state index in [1.807, 2.05) is 6.92 Å². The number of nitrogens with one attached hydrogen (secondary N) is 3. The van der Waals surface area contributed by atoms with Gasteiger partial charge in [-0.1, -0.05) is 32.4 Å². The van der Waals surface area contributed by atoms with E-state index in [1.54, 1.807) is 19.1 Å². The number of nitrogens with two attached hydrogens (primary N) is 3. The Balaban J connectivity index is 3.14. The number of benzene rings is 1. The van der Waals surface area contributed by atoms with Gasteiger partial charge in [0.15, 0.2) is 5.96 Å². The molecule has 0 saturated carbocycles. The molecule has 14 heteroatoms. The summed E-state index contributed by atoms with van der Waals surface area (Å²) in [5.74, 6) is -3.95. The van der Waals surface area contributed by atoms with Crippen molar-refractivity contribution < 1.29 is 34.5 Å². The van der Waals surface area contributed by atoms with Crippen molar-refractivity contribution in [1.82, 2.24) is 16.0 Å². The number of aromatic hydroxyl groups is 1. The third-order valence-electron chi connectivity index (χ3n) is 5.90. The lowest BCUT2D eigenvalue weighted by Gasteiger charge is -2.28. The zero-order valence-electron chi connectivity index (χ0n) is 21.6. The summed E-state index contributed by atoms with van der Waals surface area (Å²) in [7, 11) is 0. The molecular weight excluding hydrogens is 498 g/mol. The van der Waals surface area contributed by atoms with Crippen molar-refractivity contribution in [1.29, 1.82) is 0 Å². The summed E-state index contributed by atoms with van der Waals surface area (Å²) in [4.78, 5) is 54.3. The summed E-state index contributed by atoms with van der Waals surface area (Å²) in [5.41, 5.74) is 16.7. The Labute approximate surface area is 221 Å².